The molecule has 5 nitrogen and oxygen atoms in total. The van der Waals surface area contributed by atoms with Crippen LogP contribution in [0.25, 0.3) is 0 Å². The third-order valence-corrected chi connectivity index (χ3v) is 6.84. The van der Waals surface area contributed by atoms with E-state index in [2.05, 4.69) is 79.2 Å². The average Bonchev–Trinajstić information content (AvgIpc) is 3.34. The van der Waals surface area contributed by atoms with Gasteiger partial charge in [0.25, 0.3) is 5.88 Å². The third kappa shape index (κ3) is 5.03. The average molecular weight is 477 g/mol. The first-order valence-electron chi connectivity index (χ1n) is 11.1. The molecule has 0 saturated carbocycles. The summed E-state index contributed by atoms with van der Waals surface area (Å²) in [5, 5.41) is 0.698. The van der Waals surface area contributed by atoms with Crippen LogP contribution in [0.5, 0.6) is 5.88 Å². The van der Waals surface area contributed by atoms with Gasteiger partial charge in [-0.3, -0.25) is 4.90 Å². The van der Waals surface area contributed by atoms with E-state index in [1.54, 1.807) is 0 Å². The summed E-state index contributed by atoms with van der Waals surface area (Å²) < 4.78 is 14.9. The van der Waals surface area contributed by atoms with Crippen molar-refractivity contribution in [2.45, 2.75) is 12.6 Å². The molecule has 0 bridgehead atoms. The van der Waals surface area contributed by atoms with Gasteiger partial charge in [0.15, 0.2) is 0 Å². The van der Waals surface area contributed by atoms with E-state index in [0.29, 0.717) is 17.5 Å². The number of nitrogens with zero attached hydrogens (tertiary/aromatic N) is 4. The van der Waals surface area contributed by atoms with E-state index in [9.17, 15) is 0 Å². The fraction of sp³-hybridized carbons (Fsp3) is 0.231. The van der Waals surface area contributed by atoms with Crippen LogP contribution < -0.4 is 9.64 Å². The van der Waals surface area contributed by atoms with Crippen molar-refractivity contribution in [2.75, 3.05) is 31.1 Å². The second kappa shape index (κ2) is 10.3. The molecular weight excluding hydrogens is 452 g/mol. The lowest BCUT2D eigenvalue weighted by molar-refractivity contribution is 0.211. The van der Waals surface area contributed by atoms with Crippen molar-refractivity contribution in [3.8, 4) is 5.88 Å². The molecule has 5 rings (SSSR count). The molecule has 1 saturated heterocycles. The van der Waals surface area contributed by atoms with Crippen LogP contribution in [0, 0.1) is 0 Å². The third-order valence-electron chi connectivity index (χ3n) is 5.97. The number of hydrogen-bond donors (Lipinski definition) is 0. The van der Waals surface area contributed by atoms with Gasteiger partial charge in [-0.2, -0.15) is 4.37 Å². The Bertz CT molecular complexity index is 1120. The predicted octanol–water partition coefficient (Wildman–Crippen LogP) is 5.68. The number of piperazine rings is 1. The monoisotopic (exact) mass is 476 g/mol. The van der Waals surface area contributed by atoms with Gasteiger partial charge in [-0.15, -0.1) is 4.37 Å². The lowest BCUT2D eigenvalue weighted by Crippen LogP contribution is -2.48. The first kappa shape index (κ1) is 21.9. The van der Waals surface area contributed by atoms with Crippen LogP contribution in [0.4, 0.5) is 5.82 Å². The van der Waals surface area contributed by atoms with Crippen molar-refractivity contribution in [1.29, 1.82) is 0 Å². The molecule has 7 heteroatoms. The van der Waals surface area contributed by atoms with Gasteiger partial charge in [-0.1, -0.05) is 90.5 Å². The second-order valence-electron chi connectivity index (χ2n) is 8.02. The van der Waals surface area contributed by atoms with Crippen molar-refractivity contribution in [1.82, 2.24) is 13.6 Å². The molecular formula is C26H25ClN4OS. The van der Waals surface area contributed by atoms with Crippen molar-refractivity contribution in [3.63, 3.8) is 0 Å². The number of aromatic nitrogens is 2. The summed E-state index contributed by atoms with van der Waals surface area (Å²) in [4.78, 5) is 4.82. The molecule has 3 aromatic carbocycles. The Balaban J connectivity index is 1.28. The molecule has 0 amide bonds. The molecule has 1 fully saturated rings. The zero-order valence-electron chi connectivity index (χ0n) is 18.2. The van der Waals surface area contributed by atoms with Gasteiger partial charge in [0.05, 0.1) is 17.8 Å². The Kier molecular flexibility index (Phi) is 6.86. The van der Waals surface area contributed by atoms with Crippen molar-refractivity contribution < 1.29 is 4.74 Å². The molecule has 2 heterocycles. The summed E-state index contributed by atoms with van der Waals surface area (Å²) in [7, 11) is 0. The molecule has 0 atom stereocenters. The molecule has 0 N–H and O–H groups in total. The lowest BCUT2D eigenvalue weighted by atomic mass is 9.96. The molecule has 0 unspecified atom stereocenters. The fourth-order valence-electron chi connectivity index (χ4n) is 4.30. The van der Waals surface area contributed by atoms with E-state index in [1.165, 1.54) is 22.9 Å². The van der Waals surface area contributed by atoms with Crippen LogP contribution in [0.1, 0.15) is 22.7 Å². The van der Waals surface area contributed by atoms with Gasteiger partial charge in [0.2, 0.25) is 5.82 Å². The maximum Gasteiger partial charge on any atom is 0.271 e. The topological polar surface area (TPSA) is 41.5 Å². The van der Waals surface area contributed by atoms with E-state index in [4.69, 9.17) is 16.3 Å². The van der Waals surface area contributed by atoms with Gasteiger partial charge in [-0.05, 0) is 17.2 Å². The van der Waals surface area contributed by atoms with Gasteiger partial charge < -0.3 is 9.64 Å². The zero-order valence-corrected chi connectivity index (χ0v) is 19.8. The van der Waals surface area contributed by atoms with Crippen molar-refractivity contribution in [3.05, 3.63) is 107 Å². The summed E-state index contributed by atoms with van der Waals surface area (Å²) >= 11 is 7.46. The van der Waals surface area contributed by atoms with Crippen LogP contribution in [0.3, 0.4) is 0 Å². The summed E-state index contributed by atoms with van der Waals surface area (Å²) in [6.45, 7) is 3.96. The largest absolute Gasteiger partial charge is 0.469 e. The molecule has 0 spiro atoms. The van der Waals surface area contributed by atoms with Gasteiger partial charge in [0.1, 0.15) is 6.61 Å². The highest BCUT2D eigenvalue weighted by Gasteiger charge is 2.28. The Morgan fingerprint density at radius 1 is 0.788 bits per heavy atom. The molecule has 168 valence electrons. The molecule has 1 aliphatic heterocycles. The Morgan fingerprint density at radius 2 is 1.39 bits per heavy atom. The molecule has 0 radical (unpaired) electrons. The molecule has 33 heavy (non-hydrogen) atoms. The van der Waals surface area contributed by atoms with Gasteiger partial charge in [-0.25, -0.2) is 0 Å². The molecule has 1 aliphatic rings. The van der Waals surface area contributed by atoms with E-state index >= 15 is 0 Å². The van der Waals surface area contributed by atoms with E-state index in [0.717, 1.165) is 37.6 Å². The second-order valence-corrected chi connectivity index (χ2v) is 8.96. The number of hydrogen-bond acceptors (Lipinski definition) is 6. The maximum absolute atomic E-state index is 6.27. The summed E-state index contributed by atoms with van der Waals surface area (Å²) in [5.74, 6) is 1.40. The van der Waals surface area contributed by atoms with Crippen LogP contribution in [-0.4, -0.2) is 39.8 Å². The minimum atomic E-state index is 0.235. The van der Waals surface area contributed by atoms with Gasteiger partial charge in [0, 0.05) is 36.8 Å². The van der Waals surface area contributed by atoms with Crippen LogP contribution in [0.15, 0.2) is 84.9 Å². The van der Waals surface area contributed by atoms with E-state index < -0.39 is 0 Å². The summed E-state index contributed by atoms with van der Waals surface area (Å²) in [6.07, 6.45) is 0. The van der Waals surface area contributed by atoms with E-state index in [1.807, 2.05) is 24.3 Å². The van der Waals surface area contributed by atoms with Crippen LogP contribution in [-0.2, 0) is 6.61 Å². The minimum Gasteiger partial charge on any atom is -0.469 e. The standard InChI is InChI=1S/C26H25ClN4OS/c27-23-14-8-7-13-22(23)19-32-26-25(28-33-29-26)31-17-15-30(16-18-31)24(20-9-3-1-4-10-20)21-11-5-2-6-12-21/h1-14,24H,15-19H2. The Hall–Kier alpha value is -2.93. The number of anilines is 1. The maximum atomic E-state index is 6.27. The first-order chi connectivity index (χ1) is 16.3. The molecule has 4 aromatic rings. The first-order valence-corrected chi connectivity index (χ1v) is 12.2. The number of rotatable bonds is 7. The quantitative estimate of drug-likeness (QED) is 0.343. The lowest BCUT2D eigenvalue weighted by Gasteiger charge is -2.39. The highest BCUT2D eigenvalue weighted by atomic mass is 35.5. The summed E-state index contributed by atoms with van der Waals surface area (Å²) in [5.41, 5.74) is 3.57. The summed E-state index contributed by atoms with van der Waals surface area (Å²) in [6, 6.07) is 29.4. The minimum absolute atomic E-state index is 0.235. The Labute approximate surface area is 203 Å². The number of halogens is 1. The Morgan fingerprint density at radius 3 is 2.03 bits per heavy atom. The zero-order chi connectivity index (χ0) is 22.5. The van der Waals surface area contributed by atoms with E-state index in [-0.39, 0.29) is 6.04 Å². The van der Waals surface area contributed by atoms with Crippen molar-refractivity contribution in [2.24, 2.45) is 0 Å². The van der Waals surface area contributed by atoms with Crippen LogP contribution >= 0.6 is 23.3 Å². The predicted molar refractivity (Wildman–Crippen MR) is 134 cm³/mol. The normalized spacial score (nSPS) is 14.5. The molecule has 0 aliphatic carbocycles. The number of ether oxygens (including phenoxy) is 1. The molecule has 1 aromatic heterocycles. The van der Waals surface area contributed by atoms with Gasteiger partial charge >= 0.3 is 0 Å². The highest BCUT2D eigenvalue weighted by Crippen LogP contribution is 2.32. The fourth-order valence-corrected chi connectivity index (χ4v) is 5.01. The SMILES string of the molecule is Clc1ccccc1COc1nsnc1N1CCN(C(c2ccccc2)c2ccccc2)CC1. The van der Waals surface area contributed by atoms with Crippen LogP contribution in [0.2, 0.25) is 5.02 Å². The number of benzene rings is 3. The highest BCUT2D eigenvalue weighted by molar-refractivity contribution is 6.99. The smallest absolute Gasteiger partial charge is 0.271 e. The van der Waals surface area contributed by atoms with Crippen molar-refractivity contribution >= 4 is 29.1 Å².